The molecule has 1 aliphatic carbocycles. The first-order valence-corrected chi connectivity index (χ1v) is 7.03. The highest BCUT2D eigenvalue weighted by molar-refractivity contribution is 6.35. The highest BCUT2D eigenvalue weighted by Crippen LogP contribution is 2.38. The average molecular weight is 273 g/mol. The van der Waals surface area contributed by atoms with Crippen LogP contribution in [0, 0.1) is 5.92 Å². The zero-order valence-corrected chi connectivity index (χ0v) is 11.3. The molecule has 1 fully saturated rings. The molecule has 1 aromatic carbocycles. The molecule has 3 heteroatoms. The van der Waals surface area contributed by atoms with Crippen LogP contribution in [0.4, 0.5) is 0 Å². The van der Waals surface area contributed by atoms with E-state index in [4.69, 9.17) is 23.2 Å². The van der Waals surface area contributed by atoms with Gasteiger partial charge in [0, 0.05) is 16.0 Å². The number of aliphatic hydroxyl groups is 1. The molecule has 2 rings (SSSR count). The molecule has 0 amide bonds. The lowest BCUT2D eigenvalue weighted by molar-refractivity contribution is 0.196. The van der Waals surface area contributed by atoms with Crippen LogP contribution in [-0.4, -0.2) is 11.7 Å². The van der Waals surface area contributed by atoms with Crippen LogP contribution in [0.15, 0.2) is 18.2 Å². The van der Waals surface area contributed by atoms with Gasteiger partial charge in [0.05, 0.1) is 6.61 Å². The van der Waals surface area contributed by atoms with E-state index in [9.17, 15) is 5.11 Å². The van der Waals surface area contributed by atoms with Crippen LogP contribution in [0.25, 0.3) is 0 Å². The van der Waals surface area contributed by atoms with Crippen molar-refractivity contribution in [2.24, 2.45) is 5.92 Å². The lowest BCUT2D eigenvalue weighted by atomic mass is 9.77. The van der Waals surface area contributed by atoms with Crippen molar-refractivity contribution in [1.29, 1.82) is 0 Å². The molecule has 1 nitrogen and oxygen atoms in total. The minimum Gasteiger partial charge on any atom is -0.396 e. The first-order chi connectivity index (χ1) is 8.22. The molecular weight excluding hydrogens is 255 g/mol. The van der Waals surface area contributed by atoms with Gasteiger partial charge in [-0.2, -0.15) is 0 Å². The predicted octanol–water partition coefficient (Wildman–Crippen LogP) is 4.65. The lowest BCUT2D eigenvalue weighted by Crippen LogP contribution is -2.19. The maximum absolute atomic E-state index is 9.63. The molecule has 1 aliphatic rings. The van der Waals surface area contributed by atoms with Crippen molar-refractivity contribution in [3.8, 4) is 0 Å². The standard InChI is InChI=1S/C14H18Cl2O/c15-11-6-7-12(14(16)8-11)13(9-17)10-4-2-1-3-5-10/h6-8,10,13,17H,1-5,9H2. The van der Waals surface area contributed by atoms with Crippen molar-refractivity contribution >= 4 is 23.2 Å². The second-order valence-electron chi connectivity index (χ2n) is 4.85. The van der Waals surface area contributed by atoms with Gasteiger partial charge in [-0.05, 0) is 36.5 Å². The Bertz CT molecular complexity index is 372. The van der Waals surface area contributed by atoms with E-state index >= 15 is 0 Å². The Kier molecular flexibility index (Phi) is 4.72. The Morgan fingerprint density at radius 1 is 1.18 bits per heavy atom. The van der Waals surface area contributed by atoms with Crippen molar-refractivity contribution < 1.29 is 5.11 Å². The number of rotatable bonds is 3. The van der Waals surface area contributed by atoms with Gasteiger partial charge in [0.2, 0.25) is 0 Å². The summed E-state index contributed by atoms with van der Waals surface area (Å²) in [6.45, 7) is 0.173. The first kappa shape index (κ1) is 13.2. The van der Waals surface area contributed by atoms with E-state index in [0.717, 1.165) is 5.56 Å². The predicted molar refractivity (Wildman–Crippen MR) is 72.9 cm³/mol. The van der Waals surface area contributed by atoms with Crippen molar-refractivity contribution in [3.63, 3.8) is 0 Å². The van der Waals surface area contributed by atoms with Crippen LogP contribution in [0.5, 0.6) is 0 Å². The fraction of sp³-hybridized carbons (Fsp3) is 0.571. The van der Waals surface area contributed by atoms with Crippen LogP contribution in [0.2, 0.25) is 10.0 Å². The van der Waals surface area contributed by atoms with Crippen LogP contribution in [0.1, 0.15) is 43.6 Å². The molecule has 0 heterocycles. The topological polar surface area (TPSA) is 20.2 Å². The van der Waals surface area contributed by atoms with Crippen molar-refractivity contribution in [2.45, 2.75) is 38.0 Å². The number of hydrogen-bond donors (Lipinski definition) is 1. The van der Waals surface area contributed by atoms with E-state index in [1.54, 1.807) is 6.07 Å². The maximum Gasteiger partial charge on any atom is 0.0502 e. The number of halogens is 2. The van der Waals surface area contributed by atoms with Gasteiger partial charge in [-0.1, -0.05) is 48.5 Å². The van der Waals surface area contributed by atoms with Crippen LogP contribution in [0.3, 0.4) is 0 Å². The average Bonchev–Trinajstić information content (AvgIpc) is 2.34. The molecule has 0 aromatic heterocycles. The molecule has 1 atom stereocenters. The van der Waals surface area contributed by atoms with Gasteiger partial charge < -0.3 is 5.11 Å². The van der Waals surface area contributed by atoms with E-state index in [1.165, 1.54) is 32.1 Å². The van der Waals surface area contributed by atoms with Gasteiger partial charge >= 0.3 is 0 Å². The summed E-state index contributed by atoms with van der Waals surface area (Å²) < 4.78 is 0. The molecular formula is C14H18Cl2O. The molecule has 1 aromatic rings. The molecule has 1 unspecified atom stereocenters. The van der Waals surface area contributed by atoms with Crippen molar-refractivity contribution in [1.82, 2.24) is 0 Å². The Hall–Kier alpha value is -0.240. The minimum absolute atomic E-state index is 0.167. The summed E-state index contributed by atoms with van der Waals surface area (Å²) in [5.41, 5.74) is 1.05. The second-order valence-corrected chi connectivity index (χ2v) is 5.70. The Morgan fingerprint density at radius 3 is 2.47 bits per heavy atom. The Balaban J connectivity index is 2.21. The second kappa shape index (κ2) is 6.08. The monoisotopic (exact) mass is 272 g/mol. The quantitative estimate of drug-likeness (QED) is 0.849. The highest BCUT2D eigenvalue weighted by atomic mass is 35.5. The lowest BCUT2D eigenvalue weighted by Gasteiger charge is -2.29. The van der Waals surface area contributed by atoms with Gasteiger partial charge in [-0.15, -0.1) is 0 Å². The SMILES string of the molecule is OCC(c1ccc(Cl)cc1Cl)C1CCCCC1. The van der Waals surface area contributed by atoms with E-state index < -0.39 is 0 Å². The van der Waals surface area contributed by atoms with Crippen molar-refractivity contribution in [3.05, 3.63) is 33.8 Å². The fourth-order valence-corrected chi connectivity index (χ4v) is 3.39. The summed E-state index contributed by atoms with van der Waals surface area (Å²) in [4.78, 5) is 0. The van der Waals surface area contributed by atoms with Crippen LogP contribution in [-0.2, 0) is 0 Å². The van der Waals surface area contributed by atoms with Crippen LogP contribution < -0.4 is 0 Å². The minimum atomic E-state index is 0.167. The van der Waals surface area contributed by atoms with Gasteiger partial charge in [0.25, 0.3) is 0 Å². The van der Waals surface area contributed by atoms with Crippen LogP contribution >= 0.6 is 23.2 Å². The largest absolute Gasteiger partial charge is 0.396 e. The number of hydrogen-bond acceptors (Lipinski definition) is 1. The van der Waals surface area contributed by atoms with Gasteiger partial charge in [-0.3, -0.25) is 0 Å². The van der Waals surface area contributed by atoms with Gasteiger partial charge in [-0.25, -0.2) is 0 Å². The summed E-state index contributed by atoms with van der Waals surface area (Å²) >= 11 is 12.1. The fourth-order valence-electron chi connectivity index (χ4n) is 2.84. The Labute approximate surface area is 113 Å². The molecule has 17 heavy (non-hydrogen) atoms. The van der Waals surface area contributed by atoms with E-state index in [1.807, 2.05) is 12.1 Å². The first-order valence-electron chi connectivity index (χ1n) is 6.28. The molecule has 0 radical (unpaired) electrons. The van der Waals surface area contributed by atoms with Gasteiger partial charge in [0.1, 0.15) is 0 Å². The normalized spacial score (nSPS) is 19.2. The third kappa shape index (κ3) is 3.15. The third-order valence-electron chi connectivity index (χ3n) is 3.78. The zero-order chi connectivity index (χ0) is 12.3. The molecule has 0 spiro atoms. The Morgan fingerprint density at radius 2 is 1.88 bits per heavy atom. The van der Waals surface area contributed by atoms with Gasteiger partial charge in [0.15, 0.2) is 0 Å². The zero-order valence-electron chi connectivity index (χ0n) is 9.83. The highest BCUT2D eigenvalue weighted by Gasteiger charge is 2.25. The smallest absolute Gasteiger partial charge is 0.0502 e. The van der Waals surface area contributed by atoms with E-state index in [2.05, 4.69) is 0 Å². The molecule has 0 bridgehead atoms. The summed E-state index contributed by atoms with van der Waals surface area (Å²) in [5, 5.41) is 11.0. The summed E-state index contributed by atoms with van der Waals surface area (Å²) in [5.74, 6) is 0.729. The van der Waals surface area contributed by atoms with E-state index in [0.29, 0.717) is 16.0 Å². The molecule has 94 valence electrons. The third-order valence-corrected chi connectivity index (χ3v) is 4.34. The molecule has 0 saturated heterocycles. The van der Waals surface area contributed by atoms with E-state index in [-0.39, 0.29) is 12.5 Å². The molecule has 1 saturated carbocycles. The van der Waals surface area contributed by atoms with Crippen molar-refractivity contribution in [2.75, 3.05) is 6.61 Å². The summed E-state index contributed by atoms with van der Waals surface area (Å²) in [6, 6.07) is 5.58. The number of benzene rings is 1. The summed E-state index contributed by atoms with van der Waals surface area (Å²) in [7, 11) is 0. The maximum atomic E-state index is 9.63. The molecule has 1 N–H and O–H groups in total. The summed E-state index contributed by atoms with van der Waals surface area (Å²) in [6.07, 6.45) is 6.26. The molecule has 0 aliphatic heterocycles. The number of aliphatic hydroxyl groups excluding tert-OH is 1.